The zero-order chi connectivity index (χ0) is 17.7. The first-order chi connectivity index (χ1) is 11.2. The molecule has 2 atom stereocenters. The Hall–Kier alpha value is -1.41. The van der Waals surface area contributed by atoms with Crippen molar-refractivity contribution >= 4 is 5.78 Å². The Morgan fingerprint density at radius 2 is 1.96 bits per heavy atom. The van der Waals surface area contributed by atoms with Gasteiger partial charge < -0.3 is 5.11 Å². The van der Waals surface area contributed by atoms with E-state index in [1.807, 2.05) is 6.92 Å². The highest BCUT2D eigenvalue weighted by Gasteiger charge is 2.45. The highest BCUT2D eigenvalue weighted by atomic mass is 16.3. The number of hydrogen-bond donors (Lipinski definition) is 1. The molecule has 2 nitrogen and oxygen atoms in total. The molecule has 1 N–H and O–H groups in total. The number of ketones is 1. The summed E-state index contributed by atoms with van der Waals surface area (Å²) in [6.45, 7) is 10.7. The summed E-state index contributed by atoms with van der Waals surface area (Å²) in [6.07, 6.45) is 10.6. The van der Waals surface area contributed by atoms with Crippen LogP contribution in [0.15, 0.2) is 46.1 Å². The highest BCUT2D eigenvalue weighted by molar-refractivity contribution is 6.10. The van der Waals surface area contributed by atoms with E-state index in [1.54, 1.807) is 0 Å². The van der Waals surface area contributed by atoms with Gasteiger partial charge in [-0.25, -0.2) is 0 Å². The van der Waals surface area contributed by atoms with Crippen molar-refractivity contribution in [2.75, 3.05) is 0 Å². The predicted molar refractivity (Wildman–Crippen MR) is 98.6 cm³/mol. The van der Waals surface area contributed by atoms with Gasteiger partial charge in [0.15, 0.2) is 5.78 Å². The maximum Gasteiger partial charge on any atom is 0.184 e. The number of carbonyl (C=O) groups excluding carboxylic acids is 1. The Morgan fingerprint density at radius 3 is 2.62 bits per heavy atom. The largest absolute Gasteiger partial charge is 0.392 e. The molecule has 0 aromatic rings. The fraction of sp³-hybridized carbons (Fsp3) is 0.591. The van der Waals surface area contributed by atoms with Gasteiger partial charge in [0, 0.05) is 11.0 Å². The maximum absolute atomic E-state index is 13.0. The summed E-state index contributed by atoms with van der Waals surface area (Å²) in [7, 11) is 0. The molecule has 0 heterocycles. The van der Waals surface area contributed by atoms with E-state index in [9.17, 15) is 9.90 Å². The number of Topliss-reactive ketones (excluding diaryl/α,β-unsaturated/α-hetero) is 1. The average Bonchev–Trinajstić information content (AvgIpc) is 2.50. The SMILES string of the molecule is CC1=C(/C=C2\C[C@@]3(C)C(=C(C)C2=O)CCC[C@@H]3O)C(C)(C)CC=C1. The Balaban J connectivity index is 2.09. The number of fused-ring (bicyclic) bond motifs is 1. The average molecular weight is 326 g/mol. The zero-order valence-corrected chi connectivity index (χ0v) is 15.7. The molecule has 1 saturated carbocycles. The van der Waals surface area contributed by atoms with E-state index in [-0.39, 0.29) is 22.7 Å². The summed E-state index contributed by atoms with van der Waals surface area (Å²) >= 11 is 0. The lowest BCUT2D eigenvalue weighted by Crippen LogP contribution is -2.42. The first kappa shape index (κ1) is 17.4. The second-order valence-electron chi connectivity index (χ2n) is 8.69. The molecular weight excluding hydrogens is 296 g/mol. The van der Waals surface area contributed by atoms with E-state index < -0.39 is 0 Å². The van der Waals surface area contributed by atoms with Gasteiger partial charge in [-0.05, 0) is 68.1 Å². The summed E-state index contributed by atoms with van der Waals surface area (Å²) in [4.78, 5) is 13.0. The maximum atomic E-state index is 13.0. The van der Waals surface area contributed by atoms with Gasteiger partial charge in [0.25, 0.3) is 0 Å². The lowest BCUT2D eigenvalue weighted by atomic mass is 9.60. The van der Waals surface area contributed by atoms with Gasteiger partial charge in [-0.3, -0.25) is 4.79 Å². The van der Waals surface area contributed by atoms with Crippen molar-refractivity contribution in [2.24, 2.45) is 10.8 Å². The second-order valence-corrected chi connectivity index (χ2v) is 8.69. The van der Waals surface area contributed by atoms with Crippen molar-refractivity contribution in [3.63, 3.8) is 0 Å². The van der Waals surface area contributed by atoms with Crippen LogP contribution in [-0.4, -0.2) is 17.0 Å². The molecule has 3 aliphatic rings. The lowest BCUT2D eigenvalue weighted by molar-refractivity contribution is -0.113. The standard InChI is InChI=1S/C22H30O2/c1-14-8-7-11-21(3,4)18(14)12-16-13-22(5)17(15(2)20(16)24)9-6-10-19(22)23/h7-8,12,19,23H,6,9-11,13H2,1-5H3/b16-12+/t19-,22-/m0/s1. The van der Waals surface area contributed by atoms with Crippen molar-refractivity contribution in [1.82, 2.24) is 0 Å². The number of hydrogen-bond acceptors (Lipinski definition) is 2. The van der Waals surface area contributed by atoms with E-state index >= 15 is 0 Å². The third-order valence-corrected chi connectivity index (χ3v) is 6.44. The van der Waals surface area contributed by atoms with Crippen LogP contribution in [0.2, 0.25) is 0 Å². The quantitative estimate of drug-likeness (QED) is 0.684. The molecule has 3 rings (SSSR count). The molecule has 0 aromatic carbocycles. The van der Waals surface area contributed by atoms with Crippen molar-refractivity contribution in [2.45, 2.75) is 72.8 Å². The van der Waals surface area contributed by atoms with Crippen LogP contribution >= 0.6 is 0 Å². The normalized spacial score (nSPS) is 34.8. The number of carbonyl (C=O) groups is 1. The predicted octanol–water partition coefficient (Wildman–Crippen LogP) is 5.06. The topological polar surface area (TPSA) is 37.3 Å². The molecular formula is C22H30O2. The number of aliphatic hydroxyl groups excluding tert-OH is 1. The number of aliphatic hydroxyl groups is 1. The molecule has 0 aromatic heterocycles. The van der Waals surface area contributed by atoms with Crippen LogP contribution in [-0.2, 0) is 4.79 Å². The molecule has 0 radical (unpaired) electrons. The third kappa shape index (κ3) is 2.65. The lowest BCUT2D eigenvalue weighted by Gasteiger charge is -2.45. The van der Waals surface area contributed by atoms with Crippen LogP contribution in [0.3, 0.4) is 0 Å². The Kier molecular flexibility index (Phi) is 4.24. The Morgan fingerprint density at radius 1 is 1.25 bits per heavy atom. The Bertz CT molecular complexity index is 699. The fourth-order valence-electron chi connectivity index (χ4n) is 4.84. The van der Waals surface area contributed by atoms with Gasteiger partial charge in [0.1, 0.15) is 0 Å². The van der Waals surface area contributed by atoms with Crippen molar-refractivity contribution in [3.8, 4) is 0 Å². The molecule has 0 spiro atoms. The summed E-state index contributed by atoms with van der Waals surface area (Å²) < 4.78 is 0. The summed E-state index contributed by atoms with van der Waals surface area (Å²) in [5.41, 5.74) is 5.22. The van der Waals surface area contributed by atoms with E-state index in [0.29, 0.717) is 6.42 Å². The van der Waals surface area contributed by atoms with Gasteiger partial charge in [-0.1, -0.05) is 44.6 Å². The van der Waals surface area contributed by atoms with Crippen LogP contribution in [0.1, 0.15) is 66.7 Å². The van der Waals surface area contributed by atoms with Crippen LogP contribution in [0.25, 0.3) is 0 Å². The molecule has 1 fully saturated rings. The number of allylic oxidation sites excluding steroid dienone is 7. The molecule has 0 amide bonds. The number of rotatable bonds is 1. The Labute approximate surface area is 146 Å². The van der Waals surface area contributed by atoms with Gasteiger partial charge in [-0.2, -0.15) is 0 Å². The minimum atomic E-state index is -0.345. The first-order valence-corrected chi connectivity index (χ1v) is 9.18. The van der Waals surface area contributed by atoms with Crippen molar-refractivity contribution in [1.29, 1.82) is 0 Å². The molecule has 2 heteroatoms. The molecule has 0 saturated heterocycles. The van der Waals surface area contributed by atoms with Crippen LogP contribution in [0.4, 0.5) is 0 Å². The minimum Gasteiger partial charge on any atom is -0.392 e. The van der Waals surface area contributed by atoms with E-state index in [4.69, 9.17) is 0 Å². The van der Waals surface area contributed by atoms with Crippen LogP contribution in [0, 0.1) is 10.8 Å². The van der Waals surface area contributed by atoms with E-state index in [0.717, 1.165) is 36.8 Å². The van der Waals surface area contributed by atoms with Crippen LogP contribution < -0.4 is 0 Å². The van der Waals surface area contributed by atoms with Gasteiger partial charge in [0.2, 0.25) is 0 Å². The summed E-state index contributed by atoms with van der Waals surface area (Å²) in [5, 5.41) is 10.7. The molecule has 24 heavy (non-hydrogen) atoms. The van der Waals surface area contributed by atoms with Gasteiger partial charge in [0.05, 0.1) is 6.10 Å². The van der Waals surface area contributed by atoms with Crippen molar-refractivity contribution in [3.05, 3.63) is 46.1 Å². The minimum absolute atomic E-state index is 0.0517. The van der Waals surface area contributed by atoms with Crippen molar-refractivity contribution < 1.29 is 9.90 Å². The monoisotopic (exact) mass is 326 g/mol. The molecule has 0 aliphatic heterocycles. The molecule has 130 valence electrons. The van der Waals surface area contributed by atoms with Gasteiger partial charge >= 0.3 is 0 Å². The summed E-state index contributed by atoms with van der Waals surface area (Å²) in [5.74, 6) is 0.183. The zero-order valence-electron chi connectivity index (χ0n) is 15.7. The van der Waals surface area contributed by atoms with Crippen LogP contribution in [0.5, 0.6) is 0 Å². The van der Waals surface area contributed by atoms with E-state index in [2.05, 4.69) is 45.9 Å². The molecule has 0 bridgehead atoms. The second kappa shape index (κ2) is 5.84. The van der Waals surface area contributed by atoms with Gasteiger partial charge in [-0.15, -0.1) is 0 Å². The molecule has 0 unspecified atom stereocenters. The summed E-state index contributed by atoms with van der Waals surface area (Å²) in [6, 6.07) is 0. The smallest absolute Gasteiger partial charge is 0.184 e. The third-order valence-electron chi connectivity index (χ3n) is 6.44. The van der Waals surface area contributed by atoms with E-state index in [1.165, 1.54) is 16.7 Å². The fourth-order valence-corrected chi connectivity index (χ4v) is 4.84. The first-order valence-electron chi connectivity index (χ1n) is 9.18. The highest BCUT2D eigenvalue weighted by Crippen LogP contribution is 2.51. The molecule has 3 aliphatic carbocycles.